The fourth-order valence-corrected chi connectivity index (χ4v) is 7.81. The lowest BCUT2D eigenvalue weighted by Gasteiger charge is -2.38. The molecule has 0 spiro atoms. The molecule has 0 aliphatic carbocycles. The monoisotopic (exact) mass is 742 g/mol. The number of aliphatic imine (C=N–C) groups is 1. The summed E-state index contributed by atoms with van der Waals surface area (Å²) in [4.78, 5) is 56.0. The first-order valence-corrected chi connectivity index (χ1v) is 18.9. The van der Waals surface area contributed by atoms with E-state index in [0.29, 0.717) is 51.0 Å². The molecule has 2 heterocycles. The summed E-state index contributed by atoms with van der Waals surface area (Å²) < 4.78 is 0. The van der Waals surface area contributed by atoms with Crippen LogP contribution in [-0.4, -0.2) is 86.4 Å². The quantitative estimate of drug-likeness (QED) is 0.0533. The van der Waals surface area contributed by atoms with Crippen molar-refractivity contribution < 1.29 is 19.5 Å². The van der Waals surface area contributed by atoms with E-state index in [9.17, 15) is 19.5 Å². The summed E-state index contributed by atoms with van der Waals surface area (Å²) in [6.07, 6.45) is 5.14. The van der Waals surface area contributed by atoms with Crippen molar-refractivity contribution in [3.8, 4) is 0 Å². The third-order valence-electron chi connectivity index (χ3n) is 10.5. The van der Waals surface area contributed by atoms with Crippen LogP contribution in [0.4, 0.5) is 0 Å². The Morgan fingerprint density at radius 3 is 2.24 bits per heavy atom. The van der Waals surface area contributed by atoms with Crippen LogP contribution in [0, 0.1) is 0 Å². The number of carbonyl (C=O) groups excluding carboxylic acids is 2. The third-order valence-corrected chi connectivity index (χ3v) is 10.5. The van der Waals surface area contributed by atoms with Crippen LogP contribution in [0.25, 0.3) is 10.8 Å². The summed E-state index contributed by atoms with van der Waals surface area (Å²) in [5.41, 5.74) is 14.9. The zero-order chi connectivity index (χ0) is 38.7. The third kappa shape index (κ3) is 9.95. The summed E-state index contributed by atoms with van der Waals surface area (Å²) >= 11 is 0. The molecule has 0 bridgehead atoms. The lowest BCUT2D eigenvalue weighted by molar-refractivity contribution is -0.152. The van der Waals surface area contributed by atoms with Gasteiger partial charge in [0.05, 0.1) is 18.4 Å². The maximum atomic E-state index is 14.6. The lowest BCUT2D eigenvalue weighted by Crippen LogP contribution is -2.50. The number of aliphatic carboxylic acids is 1. The van der Waals surface area contributed by atoms with E-state index in [1.165, 1.54) is 18.2 Å². The van der Waals surface area contributed by atoms with Crippen LogP contribution in [0.3, 0.4) is 0 Å². The first-order valence-electron chi connectivity index (χ1n) is 18.9. The fraction of sp³-hybridized carbons (Fsp3) is 0.326. The average molecular weight is 743 g/mol. The number of nitrogens with zero attached hydrogens (tertiary/aromatic N) is 4. The Morgan fingerprint density at radius 1 is 0.945 bits per heavy atom. The lowest BCUT2D eigenvalue weighted by atomic mass is 9.90. The van der Waals surface area contributed by atoms with Crippen LogP contribution >= 0.6 is 0 Å². The van der Waals surface area contributed by atoms with Gasteiger partial charge in [-0.15, -0.1) is 0 Å². The van der Waals surface area contributed by atoms with Gasteiger partial charge in [-0.25, -0.2) is 9.78 Å². The highest BCUT2D eigenvalue weighted by molar-refractivity contribution is 5.85. The minimum Gasteiger partial charge on any atom is -0.480 e. The van der Waals surface area contributed by atoms with E-state index < -0.39 is 24.1 Å². The number of aromatic nitrogens is 2. The zero-order valence-corrected chi connectivity index (χ0v) is 31.1. The van der Waals surface area contributed by atoms with E-state index in [4.69, 9.17) is 11.5 Å². The highest BCUT2D eigenvalue weighted by Crippen LogP contribution is 2.34. The van der Waals surface area contributed by atoms with Crippen molar-refractivity contribution in [2.45, 2.75) is 69.1 Å². The molecule has 0 radical (unpaired) electrons. The summed E-state index contributed by atoms with van der Waals surface area (Å²) in [7, 11) is 0. The average Bonchev–Trinajstić information content (AvgIpc) is 3.66. The molecule has 2 amide bonds. The molecular formula is C43H50N8O4. The second kappa shape index (κ2) is 18.4. The number of benzene rings is 4. The summed E-state index contributed by atoms with van der Waals surface area (Å²) in [5, 5.41) is 16.3. The Morgan fingerprint density at radius 2 is 1.62 bits per heavy atom. The predicted molar refractivity (Wildman–Crippen MR) is 214 cm³/mol. The zero-order valence-electron chi connectivity index (χ0n) is 31.1. The van der Waals surface area contributed by atoms with Gasteiger partial charge in [0.15, 0.2) is 5.96 Å². The van der Waals surface area contributed by atoms with Crippen LogP contribution < -0.4 is 16.8 Å². The van der Waals surface area contributed by atoms with E-state index in [0.717, 1.165) is 27.5 Å². The van der Waals surface area contributed by atoms with Crippen molar-refractivity contribution in [2.75, 3.05) is 19.6 Å². The molecule has 55 heavy (non-hydrogen) atoms. The normalized spacial score (nSPS) is 17.1. The number of hydrogen-bond acceptors (Lipinski definition) is 6. The van der Waals surface area contributed by atoms with Crippen LogP contribution in [0.1, 0.15) is 67.0 Å². The molecule has 6 rings (SSSR count). The first kappa shape index (κ1) is 38.7. The number of aromatic amines is 1. The van der Waals surface area contributed by atoms with Gasteiger partial charge in [-0.2, -0.15) is 0 Å². The summed E-state index contributed by atoms with van der Waals surface area (Å²) in [6, 6.07) is 31.8. The van der Waals surface area contributed by atoms with Crippen molar-refractivity contribution in [3.05, 3.63) is 138 Å². The number of hydrogen-bond donors (Lipinski definition) is 5. The van der Waals surface area contributed by atoms with Crippen molar-refractivity contribution in [2.24, 2.45) is 16.5 Å². The number of guanidine groups is 1. The molecule has 12 heteroatoms. The number of amides is 2. The van der Waals surface area contributed by atoms with E-state index in [1.807, 2.05) is 83.8 Å². The Bertz CT molecular complexity index is 2010. The predicted octanol–water partition coefficient (Wildman–Crippen LogP) is 4.98. The minimum atomic E-state index is -1.17. The van der Waals surface area contributed by atoms with Gasteiger partial charge in [0, 0.05) is 56.8 Å². The molecule has 1 aliphatic heterocycles. The number of imidazole rings is 1. The Kier molecular flexibility index (Phi) is 12.9. The highest BCUT2D eigenvalue weighted by Gasteiger charge is 2.39. The second-order valence-electron chi connectivity index (χ2n) is 14.2. The summed E-state index contributed by atoms with van der Waals surface area (Å²) in [6.45, 7) is 2.74. The summed E-state index contributed by atoms with van der Waals surface area (Å²) in [5.74, 6) is -1.55. The van der Waals surface area contributed by atoms with E-state index in [2.05, 4.69) is 44.5 Å². The smallest absolute Gasteiger partial charge is 0.326 e. The van der Waals surface area contributed by atoms with Gasteiger partial charge in [-0.05, 0) is 59.2 Å². The molecular weight excluding hydrogens is 693 g/mol. The molecule has 1 unspecified atom stereocenters. The van der Waals surface area contributed by atoms with Gasteiger partial charge < -0.3 is 36.7 Å². The Hall–Kier alpha value is -6.01. The van der Waals surface area contributed by atoms with Gasteiger partial charge in [0.1, 0.15) is 6.04 Å². The number of nitrogens with two attached hydrogens (primary N) is 2. The molecule has 7 N–H and O–H groups in total. The van der Waals surface area contributed by atoms with Crippen LogP contribution in [-0.2, 0) is 20.8 Å². The molecule has 4 atom stereocenters. The maximum Gasteiger partial charge on any atom is 0.326 e. The number of fused-ring (bicyclic) bond motifs is 1. The minimum absolute atomic E-state index is 0.00103. The first-order chi connectivity index (χ1) is 26.7. The van der Waals surface area contributed by atoms with Gasteiger partial charge in [-0.3, -0.25) is 14.6 Å². The topological polar surface area (TPSA) is 183 Å². The SMILES string of the molecule is CC(=O)N(C(C[C@H]1CCN(CC(c2ccccc2)c2ccccc2)C(=O)[C@H](CCCN=C(N)N)N1)c1ccc2ccccc2c1)[C@@H](Cc1cnc[nH]1)C(=O)O. The molecule has 1 aromatic heterocycles. The fourth-order valence-electron chi connectivity index (χ4n) is 7.81. The van der Waals surface area contributed by atoms with Crippen molar-refractivity contribution >= 4 is 34.5 Å². The van der Waals surface area contributed by atoms with Crippen LogP contribution in [0.15, 0.2) is 121 Å². The van der Waals surface area contributed by atoms with E-state index in [-0.39, 0.29) is 36.2 Å². The number of nitrogens with one attached hydrogen (secondary N) is 2. The van der Waals surface area contributed by atoms with Crippen LogP contribution in [0.2, 0.25) is 0 Å². The molecule has 12 nitrogen and oxygen atoms in total. The van der Waals surface area contributed by atoms with E-state index >= 15 is 0 Å². The molecule has 1 aliphatic rings. The number of carboxylic acid groups (broad SMARTS) is 1. The van der Waals surface area contributed by atoms with Crippen LogP contribution in [0.5, 0.6) is 0 Å². The van der Waals surface area contributed by atoms with Crippen molar-refractivity contribution in [3.63, 3.8) is 0 Å². The Balaban J connectivity index is 1.36. The molecule has 1 saturated heterocycles. The molecule has 1 fully saturated rings. The number of H-pyrrole nitrogens is 1. The van der Waals surface area contributed by atoms with Crippen molar-refractivity contribution in [1.29, 1.82) is 0 Å². The number of carbonyl (C=O) groups is 3. The molecule has 286 valence electrons. The second-order valence-corrected chi connectivity index (χ2v) is 14.2. The molecule has 4 aromatic carbocycles. The van der Waals surface area contributed by atoms with Crippen molar-refractivity contribution in [1.82, 2.24) is 25.1 Å². The van der Waals surface area contributed by atoms with Gasteiger partial charge in [0.2, 0.25) is 11.8 Å². The highest BCUT2D eigenvalue weighted by atomic mass is 16.4. The van der Waals surface area contributed by atoms with Gasteiger partial charge in [0.25, 0.3) is 0 Å². The number of rotatable bonds is 16. The van der Waals surface area contributed by atoms with E-state index in [1.54, 1.807) is 6.20 Å². The Labute approximate surface area is 321 Å². The van der Waals surface area contributed by atoms with Gasteiger partial charge in [-0.1, -0.05) is 97.1 Å². The standard InChI is InChI=1S/C43H50N8O4/c1-29(52)51(40(42(54)55)25-36-26-46-28-48-36)39(34-19-18-30-11-8-9-16-33(30)23-34)24-35-20-22-50(41(53)38(49-35)17-10-21-47-43(44)45)27-37(31-12-4-2-5-13-31)32-14-6-3-7-15-32/h2-9,11-16,18-19,23,26,28,35,37-40,49H,10,17,20-22,24-25,27H2,1H3,(H,46,48)(H,54,55)(H4,44,45,47)/t35-,38+,39?,40+/m1/s1. The number of carboxylic acids is 1. The molecule has 5 aromatic rings. The largest absolute Gasteiger partial charge is 0.480 e. The molecule has 0 saturated carbocycles. The maximum absolute atomic E-state index is 14.6. The van der Waals surface area contributed by atoms with Gasteiger partial charge >= 0.3 is 5.97 Å².